The van der Waals surface area contributed by atoms with Crippen LogP contribution in [0.15, 0.2) is 60.7 Å². The van der Waals surface area contributed by atoms with E-state index < -0.39 is 23.1 Å². The van der Waals surface area contributed by atoms with E-state index in [9.17, 15) is 9.59 Å². The molecule has 2 aromatic carbocycles. The Hall–Kier alpha value is -2.70. The second-order valence-corrected chi connectivity index (χ2v) is 7.77. The summed E-state index contributed by atoms with van der Waals surface area (Å²) in [7, 11) is 0. The Morgan fingerprint density at radius 3 is 1.39 bits per heavy atom. The van der Waals surface area contributed by atoms with Crippen molar-refractivity contribution in [3.05, 3.63) is 71.8 Å². The van der Waals surface area contributed by atoms with Gasteiger partial charge in [-0.1, -0.05) is 36.4 Å². The molecule has 0 unspecified atom stereocenters. The van der Waals surface area contributed by atoms with Gasteiger partial charge in [-0.2, -0.15) is 4.89 Å². The Kier molecular flexibility index (Phi) is 10.7. The van der Waals surface area contributed by atoms with Gasteiger partial charge in [0.25, 0.3) is 0 Å². The Morgan fingerprint density at radius 2 is 1.11 bits per heavy atom. The maximum atomic E-state index is 11.3. The molecule has 154 valence electrons. The molecule has 0 amide bonds. The third-order valence-corrected chi connectivity index (χ3v) is 2.40. The van der Waals surface area contributed by atoms with Crippen LogP contribution >= 0.6 is 0 Å². The highest BCUT2D eigenvalue weighted by Gasteiger charge is 2.16. The van der Waals surface area contributed by atoms with Crippen molar-refractivity contribution in [3.63, 3.8) is 0 Å². The van der Waals surface area contributed by atoms with Crippen molar-refractivity contribution in [2.75, 3.05) is 0 Å². The van der Waals surface area contributed by atoms with Crippen LogP contribution in [-0.2, 0) is 9.78 Å². The van der Waals surface area contributed by atoms with Gasteiger partial charge in [-0.15, -0.1) is 0 Å². The van der Waals surface area contributed by atoms with Gasteiger partial charge in [-0.3, -0.25) is 4.89 Å². The van der Waals surface area contributed by atoms with Gasteiger partial charge in [0, 0.05) is 0 Å². The molecule has 2 N–H and O–H groups in total. The van der Waals surface area contributed by atoms with Gasteiger partial charge in [0.2, 0.25) is 0 Å². The van der Waals surface area contributed by atoms with Crippen LogP contribution in [-0.4, -0.2) is 33.4 Å². The minimum absolute atomic E-state index is 0.331. The zero-order valence-corrected chi connectivity index (χ0v) is 17.3. The largest absolute Gasteiger partial charge is 0.478 e. The number of aromatic carboxylic acids is 1. The highest BCUT2D eigenvalue weighted by molar-refractivity contribution is 5.88. The van der Waals surface area contributed by atoms with Crippen molar-refractivity contribution in [2.24, 2.45) is 0 Å². The van der Waals surface area contributed by atoms with E-state index in [1.165, 1.54) is 0 Å². The topological polar surface area (TPSA) is 93.1 Å². The fraction of sp³-hybridized carbons (Fsp3) is 0.364. The summed E-state index contributed by atoms with van der Waals surface area (Å²) >= 11 is 0. The van der Waals surface area contributed by atoms with Crippen LogP contribution in [0.4, 0.5) is 0 Å². The summed E-state index contributed by atoms with van der Waals surface area (Å²) in [6.07, 6.45) is 0. The fourth-order valence-electron chi connectivity index (χ4n) is 1.37. The molecule has 0 atom stereocenters. The van der Waals surface area contributed by atoms with E-state index in [0.29, 0.717) is 11.1 Å². The lowest BCUT2D eigenvalue weighted by Gasteiger charge is -2.16. The van der Waals surface area contributed by atoms with E-state index in [-0.39, 0.29) is 0 Å². The number of carbonyl (C=O) groups excluding carboxylic acids is 1. The summed E-state index contributed by atoms with van der Waals surface area (Å²) in [6.45, 7) is 10.7. The maximum Gasteiger partial charge on any atom is 0.373 e. The molecule has 0 heterocycles. The molecule has 2 rings (SSSR count). The van der Waals surface area contributed by atoms with Gasteiger partial charge < -0.3 is 10.2 Å². The first-order chi connectivity index (χ1) is 12.8. The van der Waals surface area contributed by atoms with Crippen LogP contribution in [0.3, 0.4) is 0 Å². The zero-order chi connectivity index (χ0) is 21.8. The van der Waals surface area contributed by atoms with Crippen LogP contribution in [0.5, 0.6) is 0 Å². The van der Waals surface area contributed by atoms with Gasteiger partial charge in [0.15, 0.2) is 0 Å². The minimum atomic E-state index is -0.879. The molecule has 6 nitrogen and oxygen atoms in total. The number of carbonyl (C=O) groups is 2. The first kappa shape index (κ1) is 25.3. The molecule has 2 aromatic rings. The molecule has 0 spiro atoms. The average molecular weight is 390 g/mol. The summed E-state index contributed by atoms with van der Waals surface area (Å²) in [5, 5.41) is 16.9. The highest BCUT2D eigenvalue weighted by Crippen LogP contribution is 2.09. The fourth-order valence-corrected chi connectivity index (χ4v) is 1.37. The standard InChI is InChI=1S/C11H14O3.C7H6O2.C4H10O/c1-11(2,3)14-13-10(12)9-7-5-4-6-8-9;8-7(9)6-4-2-1-3-5-6;1-4(2,3)5/h4-8H,1-3H3;1-5H,(H,8,9);5H,1-3H3. The first-order valence-corrected chi connectivity index (χ1v) is 8.75. The van der Waals surface area contributed by atoms with E-state index in [4.69, 9.17) is 15.1 Å². The van der Waals surface area contributed by atoms with Crippen LogP contribution in [0, 0.1) is 0 Å². The number of hydrogen-bond donors (Lipinski definition) is 2. The third kappa shape index (κ3) is 15.5. The molecule has 0 bridgehead atoms. The Balaban J connectivity index is 0.000000445. The van der Waals surface area contributed by atoms with E-state index in [2.05, 4.69) is 4.89 Å². The van der Waals surface area contributed by atoms with E-state index in [1.54, 1.807) is 75.4 Å². The quantitative estimate of drug-likeness (QED) is 0.581. The number of hydrogen-bond acceptors (Lipinski definition) is 5. The molecule has 0 saturated carbocycles. The van der Waals surface area contributed by atoms with Gasteiger partial charge >= 0.3 is 11.9 Å². The molecular formula is C22H30O6. The Morgan fingerprint density at radius 1 is 0.750 bits per heavy atom. The highest BCUT2D eigenvalue weighted by atomic mass is 17.2. The molecule has 0 saturated heterocycles. The number of benzene rings is 2. The molecule has 6 heteroatoms. The molecule has 0 fully saturated rings. The third-order valence-electron chi connectivity index (χ3n) is 2.40. The number of aliphatic hydroxyl groups is 1. The average Bonchev–Trinajstić information content (AvgIpc) is 2.60. The summed E-state index contributed by atoms with van der Waals surface area (Å²) in [5.74, 6) is -1.35. The summed E-state index contributed by atoms with van der Waals surface area (Å²) in [6, 6.07) is 17.0. The molecule has 0 radical (unpaired) electrons. The van der Waals surface area contributed by atoms with Crippen molar-refractivity contribution >= 4 is 11.9 Å². The van der Waals surface area contributed by atoms with Crippen LogP contribution in [0.25, 0.3) is 0 Å². The van der Waals surface area contributed by atoms with Crippen LogP contribution in [0.1, 0.15) is 62.3 Å². The summed E-state index contributed by atoms with van der Waals surface area (Å²) < 4.78 is 0. The molecular weight excluding hydrogens is 360 g/mol. The monoisotopic (exact) mass is 390 g/mol. The summed E-state index contributed by atoms with van der Waals surface area (Å²) in [4.78, 5) is 31.1. The van der Waals surface area contributed by atoms with Crippen LogP contribution < -0.4 is 0 Å². The SMILES string of the molecule is CC(C)(C)O.CC(C)(C)OOC(=O)c1ccccc1.O=C(O)c1ccccc1. The Bertz CT molecular complexity index is 691. The van der Waals surface area contributed by atoms with Crippen molar-refractivity contribution in [2.45, 2.75) is 52.7 Å². The predicted molar refractivity (Wildman–Crippen MR) is 108 cm³/mol. The van der Waals surface area contributed by atoms with Gasteiger partial charge in [0.05, 0.1) is 16.7 Å². The number of rotatable bonds is 3. The second-order valence-electron chi connectivity index (χ2n) is 7.77. The summed E-state index contributed by atoms with van der Waals surface area (Å²) in [5.41, 5.74) is -0.168. The molecule has 0 aliphatic heterocycles. The van der Waals surface area contributed by atoms with Gasteiger partial charge in [-0.25, -0.2) is 9.59 Å². The second kappa shape index (κ2) is 11.9. The van der Waals surface area contributed by atoms with Crippen molar-refractivity contribution < 1.29 is 29.6 Å². The zero-order valence-electron chi connectivity index (χ0n) is 17.3. The Labute approximate surface area is 166 Å². The van der Waals surface area contributed by atoms with Gasteiger partial charge in [0.1, 0.15) is 5.60 Å². The first-order valence-electron chi connectivity index (χ1n) is 8.75. The van der Waals surface area contributed by atoms with Crippen LogP contribution in [0.2, 0.25) is 0 Å². The smallest absolute Gasteiger partial charge is 0.373 e. The van der Waals surface area contributed by atoms with Crippen molar-refractivity contribution in [3.8, 4) is 0 Å². The molecule has 0 aliphatic carbocycles. The minimum Gasteiger partial charge on any atom is -0.478 e. The lowest BCUT2D eigenvalue weighted by Crippen LogP contribution is -2.21. The number of carboxylic acid groups (broad SMARTS) is 1. The van der Waals surface area contributed by atoms with E-state index in [0.717, 1.165) is 0 Å². The van der Waals surface area contributed by atoms with E-state index in [1.807, 2.05) is 26.8 Å². The normalized spacial score (nSPS) is 10.5. The molecule has 0 aromatic heterocycles. The lowest BCUT2D eigenvalue weighted by molar-refractivity contribution is -0.301. The predicted octanol–water partition coefficient (Wildman–Crippen LogP) is 4.74. The lowest BCUT2D eigenvalue weighted by atomic mass is 10.2. The number of carboxylic acids is 1. The molecule has 28 heavy (non-hydrogen) atoms. The van der Waals surface area contributed by atoms with Crippen molar-refractivity contribution in [1.29, 1.82) is 0 Å². The maximum absolute atomic E-state index is 11.3. The molecule has 0 aliphatic rings. The van der Waals surface area contributed by atoms with E-state index >= 15 is 0 Å². The van der Waals surface area contributed by atoms with Crippen molar-refractivity contribution in [1.82, 2.24) is 0 Å². The van der Waals surface area contributed by atoms with Gasteiger partial charge in [-0.05, 0) is 65.8 Å².